The summed E-state index contributed by atoms with van der Waals surface area (Å²) in [6.07, 6.45) is 0. The molecule has 0 heterocycles. The number of halogens is 1. The lowest BCUT2D eigenvalue weighted by atomic mass is 10.1. The summed E-state index contributed by atoms with van der Waals surface area (Å²) in [7, 11) is 0. The number of hydrogen-bond donors (Lipinski definition) is 1. The van der Waals surface area contributed by atoms with Crippen LogP contribution in [0.4, 0.5) is 5.69 Å². The Hall–Kier alpha value is -0.730. The molecule has 0 bridgehead atoms. The van der Waals surface area contributed by atoms with Gasteiger partial charge in [-0.25, -0.2) is 5.84 Å². The van der Waals surface area contributed by atoms with Crippen LogP contribution in [0.1, 0.15) is 20.8 Å². The van der Waals surface area contributed by atoms with Crippen LogP contribution < -0.4 is 10.9 Å². The quantitative estimate of drug-likeness (QED) is 0.556. The van der Waals surface area contributed by atoms with Crippen molar-refractivity contribution in [3.63, 3.8) is 0 Å². The van der Waals surface area contributed by atoms with Gasteiger partial charge < -0.3 is 5.01 Å². The van der Waals surface area contributed by atoms with Crippen LogP contribution in [-0.2, 0) is 0 Å². The van der Waals surface area contributed by atoms with Crippen molar-refractivity contribution in [3.05, 3.63) is 29.3 Å². The minimum Gasteiger partial charge on any atom is -0.306 e. The van der Waals surface area contributed by atoms with Gasteiger partial charge in [0.1, 0.15) is 0 Å². The SMILES string of the molecule is CC(C)(C)N(N)c1ccc(Cl)cc1. The van der Waals surface area contributed by atoms with Gasteiger partial charge in [-0.3, -0.25) is 0 Å². The van der Waals surface area contributed by atoms with Gasteiger partial charge in [-0.05, 0) is 45.0 Å². The number of hydrazine groups is 1. The Bertz CT molecular complexity index is 274. The van der Waals surface area contributed by atoms with Crippen molar-refractivity contribution in [2.45, 2.75) is 26.3 Å². The summed E-state index contributed by atoms with van der Waals surface area (Å²) in [5.41, 5.74) is 0.894. The maximum Gasteiger partial charge on any atom is 0.0524 e. The molecule has 0 unspecified atom stereocenters. The van der Waals surface area contributed by atoms with E-state index in [1.165, 1.54) is 0 Å². The van der Waals surface area contributed by atoms with Crippen LogP contribution in [-0.4, -0.2) is 5.54 Å². The standard InChI is InChI=1S/C10H15ClN2/c1-10(2,3)13(12)9-6-4-8(11)5-7-9/h4-7H,12H2,1-3H3. The zero-order valence-electron chi connectivity index (χ0n) is 8.21. The van der Waals surface area contributed by atoms with Gasteiger partial charge in [0, 0.05) is 10.6 Å². The first kappa shape index (κ1) is 10.4. The Morgan fingerprint density at radius 1 is 1.15 bits per heavy atom. The molecule has 13 heavy (non-hydrogen) atoms. The van der Waals surface area contributed by atoms with E-state index in [2.05, 4.69) is 20.8 Å². The van der Waals surface area contributed by atoms with E-state index in [1.807, 2.05) is 24.3 Å². The molecule has 1 aromatic rings. The first-order valence-corrected chi connectivity index (χ1v) is 4.59. The fourth-order valence-electron chi connectivity index (χ4n) is 0.989. The highest BCUT2D eigenvalue weighted by atomic mass is 35.5. The second kappa shape index (κ2) is 3.56. The third kappa shape index (κ3) is 2.61. The summed E-state index contributed by atoms with van der Waals surface area (Å²) < 4.78 is 0. The van der Waals surface area contributed by atoms with Gasteiger partial charge >= 0.3 is 0 Å². The molecule has 0 saturated carbocycles. The largest absolute Gasteiger partial charge is 0.306 e. The van der Waals surface area contributed by atoms with Crippen molar-refractivity contribution in [1.82, 2.24) is 0 Å². The molecule has 2 N–H and O–H groups in total. The van der Waals surface area contributed by atoms with Crippen molar-refractivity contribution < 1.29 is 0 Å². The first-order valence-electron chi connectivity index (χ1n) is 4.22. The minimum absolute atomic E-state index is 0.0756. The average Bonchev–Trinajstić information content (AvgIpc) is 2.03. The molecule has 2 nitrogen and oxygen atoms in total. The molecule has 3 heteroatoms. The van der Waals surface area contributed by atoms with Gasteiger partial charge in [-0.1, -0.05) is 11.6 Å². The number of hydrogen-bond acceptors (Lipinski definition) is 2. The summed E-state index contributed by atoms with van der Waals surface area (Å²) in [5.74, 6) is 5.91. The van der Waals surface area contributed by atoms with Crippen molar-refractivity contribution in [1.29, 1.82) is 0 Å². The second-order valence-electron chi connectivity index (χ2n) is 4.02. The van der Waals surface area contributed by atoms with E-state index >= 15 is 0 Å². The third-order valence-electron chi connectivity index (χ3n) is 1.83. The number of benzene rings is 1. The van der Waals surface area contributed by atoms with Crippen LogP contribution in [0.15, 0.2) is 24.3 Å². The zero-order chi connectivity index (χ0) is 10.1. The van der Waals surface area contributed by atoms with Crippen molar-refractivity contribution in [2.24, 2.45) is 5.84 Å². The fraction of sp³-hybridized carbons (Fsp3) is 0.400. The molecule has 0 radical (unpaired) electrons. The number of anilines is 1. The first-order chi connectivity index (χ1) is 5.91. The molecule has 0 saturated heterocycles. The van der Waals surface area contributed by atoms with E-state index in [9.17, 15) is 0 Å². The van der Waals surface area contributed by atoms with Crippen LogP contribution in [0.2, 0.25) is 5.02 Å². The maximum atomic E-state index is 5.91. The number of rotatable bonds is 1. The average molecular weight is 199 g/mol. The van der Waals surface area contributed by atoms with Crippen LogP contribution in [0.25, 0.3) is 0 Å². The number of nitrogens with two attached hydrogens (primary N) is 1. The predicted octanol–water partition coefficient (Wildman–Crippen LogP) is 2.82. The molecule has 1 aromatic carbocycles. The van der Waals surface area contributed by atoms with Crippen LogP contribution in [0, 0.1) is 0 Å². The Kier molecular flexibility index (Phi) is 2.84. The van der Waals surface area contributed by atoms with E-state index in [0.29, 0.717) is 0 Å². The summed E-state index contributed by atoms with van der Waals surface area (Å²) >= 11 is 5.77. The zero-order valence-corrected chi connectivity index (χ0v) is 8.97. The van der Waals surface area contributed by atoms with Crippen LogP contribution in [0.3, 0.4) is 0 Å². The molecule has 0 amide bonds. The predicted molar refractivity (Wildman–Crippen MR) is 57.9 cm³/mol. The molecule has 72 valence electrons. The lowest BCUT2D eigenvalue weighted by Crippen LogP contribution is -2.46. The maximum absolute atomic E-state index is 5.91. The Balaban J connectivity index is 2.90. The van der Waals surface area contributed by atoms with Crippen LogP contribution >= 0.6 is 11.6 Å². The highest BCUT2D eigenvalue weighted by molar-refractivity contribution is 6.30. The van der Waals surface area contributed by atoms with Gasteiger partial charge in [0.2, 0.25) is 0 Å². The molecular formula is C10H15ClN2. The van der Waals surface area contributed by atoms with Crippen molar-refractivity contribution in [2.75, 3.05) is 5.01 Å². The van der Waals surface area contributed by atoms with Crippen molar-refractivity contribution >= 4 is 17.3 Å². The molecule has 0 aliphatic carbocycles. The highest BCUT2D eigenvalue weighted by Gasteiger charge is 2.17. The Morgan fingerprint density at radius 2 is 1.62 bits per heavy atom. The molecular weight excluding hydrogens is 184 g/mol. The van der Waals surface area contributed by atoms with E-state index in [4.69, 9.17) is 17.4 Å². The van der Waals surface area contributed by atoms with E-state index in [0.717, 1.165) is 10.7 Å². The highest BCUT2D eigenvalue weighted by Crippen LogP contribution is 2.21. The Morgan fingerprint density at radius 3 is 2.00 bits per heavy atom. The summed E-state index contributed by atoms with van der Waals surface area (Å²) in [4.78, 5) is 0. The summed E-state index contributed by atoms with van der Waals surface area (Å²) in [5, 5.41) is 2.45. The minimum atomic E-state index is -0.0756. The van der Waals surface area contributed by atoms with Gasteiger partial charge in [-0.2, -0.15) is 0 Å². The molecule has 0 spiro atoms. The van der Waals surface area contributed by atoms with E-state index < -0.39 is 0 Å². The van der Waals surface area contributed by atoms with Gasteiger partial charge in [0.25, 0.3) is 0 Å². The Labute approximate surface area is 84.3 Å². The lowest BCUT2D eigenvalue weighted by molar-refractivity contribution is 0.514. The van der Waals surface area contributed by atoms with Crippen molar-refractivity contribution in [3.8, 4) is 0 Å². The molecule has 0 aromatic heterocycles. The monoisotopic (exact) mass is 198 g/mol. The third-order valence-corrected chi connectivity index (χ3v) is 2.08. The van der Waals surface area contributed by atoms with Crippen LogP contribution in [0.5, 0.6) is 0 Å². The smallest absolute Gasteiger partial charge is 0.0524 e. The summed E-state index contributed by atoms with van der Waals surface area (Å²) in [6.45, 7) is 6.17. The van der Waals surface area contributed by atoms with Gasteiger partial charge in [0.05, 0.1) is 5.69 Å². The fourth-order valence-corrected chi connectivity index (χ4v) is 1.11. The second-order valence-corrected chi connectivity index (χ2v) is 4.45. The molecule has 1 rings (SSSR count). The van der Waals surface area contributed by atoms with Gasteiger partial charge in [0.15, 0.2) is 0 Å². The van der Waals surface area contributed by atoms with Gasteiger partial charge in [-0.15, -0.1) is 0 Å². The lowest BCUT2D eigenvalue weighted by Gasteiger charge is -2.33. The molecule has 0 fully saturated rings. The van der Waals surface area contributed by atoms with E-state index in [1.54, 1.807) is 5.01 Å². The molecule has 0 aliphatic rings. The molecule has 0 atom stereocenters. The number of nitrogens with zero attached hydrogens (tertiary/aromatic N) is 1. The summed E-state index contributed by atoms with van der Waals surface area (Å²) in [6, 6.07) is 7.49. The molecule has 0 aliphatic heterocycles. The normalized spacial score (nSPS) is 11.5. The van der Waals surface area contributed by atoms with E-state index in [-0.39, 0.29) is 5.54 Å². The topological polar surface area (TPSA) is 29.3 Å².